The molecule has 2 fully saturated rings. The molecule has 0 aromatic rings. The second-order valence-corrected chi connectivity index (χ2v) is 8.59. The summed E-state index contributed by atoms with van der Waals surface area (Å²) in [5, 5.41) is 7.07. The Morgan fingerprint density at radius 1 is 1.45 bits per heavy atom. The predicted molar refractivity (Wildman–Crippen MR) is 87.5 cm³/mol. The molecule has 3 unspecified atom stereocenters. The Hall–Kier alpha value is -0.420. The summed E-state index contributed by atoms with van der Waals surface area (Å²) in [5.41, 5.74) is 0.188. The summed E-state index contributed by atoms with van der Waals surface area (Å²) in [4.78, 5) is 4.37. The Morgan fingerprint density at radius 2 is 2.15 bits per heavy atom. The van der Waals surface area contributed by atoms with E-state index in [0.717, 1.165) is 19.1 Å². The normalized spacial score (nSPS) is 32.5. The highest BCUT2D eigenvalue weighted by Crippen LogP contribution is 2.52. The van der Waals surface area contributed by atoms with E-state index >= 15 is 0 Å². The lowest BCUT2D eigenvalue weighted by molar-refractivity contribution is -0.106. The van der Waals surface area contributed by atoms with Gasteiger partial charge in [-0.3, -0.25) is 4.99 Å². The van der Waals surface area contributed by atoms with Crippen molar-refractivity contribution in [3.8, 4) is 0 Å². The molecule has 0 aromatic heterocycles. The minimum atomic E-state index is 0.188. The fourth-order valence-electron chi connectivity index (χ4n) is 3.33. The maximum atomic E-state index is 5.84. The Kier molecular flexibility index (Phi) is 4.59. The second kappa shape index (κ2) is 5.76. The van der Waals surface area contributed by atoms with Gasteiger partial charge in [0.05, 0.1) is 6.10 Å². The van der Waals surface area contributed by atoms with Gasteiger partial charge in [0.1, 0.15) is 0 Å². The van der Waals surface area contributed by atoms with Crippen molar-refractivity contribution >= 4 is 17.7 Å². The van der Waals surface area contributed by atoms with Crippen molar-refractivity contribution in [3.05, 3.63) is 0 Å². The third-order valence-electron chi connectivity index (χ3n) is 4.85. The van der Waals surface area contributed by atoms with Crippen LogP contribution in [-0.2, 0) is 4.74 Å². The van der Waals surface area contributed by atoms with E-state index in [0.29, 0.717) is 18.1 Å². The number of hydrogen-bond donors (Lipinski definition) is 2. The largest absolute Gasteiger partial charge is 0.377 e. The highest BCUT2D eigenvalue weighted by atomic mass is 32.2. The molecule has 2 aliphatic rings. The fraction of sp³-hybridized carbons (Fsp3) is 0.933. The molecule has 0 bridgehead atoms. The summed E-state index contributed by atoms with van der Waals surface area (Å²) in [6.45, 7) is 10.9. The standard InChI is InChI=1S/C15H29N3OS/c1-14(2,20-6)9-17-13(16-5)18-11-10-7-8-19-12(10)15(11,3)4/h10-12H,7-9H2,1-6H3,(H2,16,17,18). The van der Waals surface area contributed by atoms with E-state index < -0.39 is 0 Å². The van der Waals surface area contributed by atoms with Crippen LogP contribution in [0, 0.1) is 11.3 Å². The van der Waals surface area contributed by atoms with E-state index in [-0.39, 0.29) is 10.2 Å². The molecule has 1 saturated heterocycles. The maximum absolute atomic E-state index is 5.84. The molecule has 0 spiro atoms. The molecule has 0 aromatic carbocycles. The van der Waals surface area contributed by atoms with Crippen molar-refractivity contribution < 1.29 is 4.74 Å². The zero-order valence-electron chi connectivity index (χ0n) is 13.6. The van der Waals surface area contributed by atoms with Gasteiger partial charge in [0.25, 0.3) is 0 Å². The highest BCUT2D eigenvalue weighted by molar-refractivity contribution is 7.99. The van der Waals surface area contributed by atoms with E-state index in [9.17, 15) is 0 Å². The van der Waals surface area contributed by atoms with Gasteiger partial charge < -0.3 is 15.4 Å². The van der Waals surface area contributed by atoms with Crippen LogP contribution in [0.3, 0.4) is 0 Å². The van der Waals surface area contributed by atoms with Crippen molar-refractivity contribution in [2.45, 2.75) is 51.0 Å². The van der Waals surface area contributed by atoms with Gasteiger partial charge in [-0.1, -0.05) is 13.8 Å². The molecule has 1 aliphatic heterocycles. The Labute approximate surface area is 127 Å². The number of nitrogens with zero attached hydrogens (tertiary/aromatic N) is 1. The smallest absolute Gasteiger partial charge is 0.191 e. The fourth-order valence-corrected chi connectivity index (χ4v) is 3.54. The Bertz CT molecular complexity index is 381. The minimum absolute atomic E-state index is 0.188. The van der Waals surface area contributed by atoms with Gasteiger partial charge in [-0.25, -0.2) is 0 Å². The first-order valence-electron chi connectivity index (χ1n) is 7.46. The zero-order chi connectivity index (χ0) is 15.0. The quantitative estimate of drug-likeness (QED) is 0.616. The van der Waals surface area contributed by atoms with Crippen LogP contribution in [0.15, 0.2) is 4.99 Å². The number of rotatable bonds is 4. The molecular weight excluding hydrogens is 270 g/mol. The number of thioether (sulfide) groups is 1. The van der Waals surface area contributed by atoms with Gasteiger partial charge >= 0.3 is 0 Å². The van der Waals surface area contributed by atoms with Gasteiger partial charge in [-0.2, -0.15) is 11.8 Å². The number of hydrogen-bond acceptors (Lipinski definition) is 3. The van der Waals surface area contributed by atoms with Gasteiger partial charge in [0.15, 0.2) is 5.96 Å². The van der Waals surface area contributed by atoms with Gasteiger partial charge in [-0.15, -0.1) is 0 Å². The third kappa shape index (κ3) is 2.93. The summed E-state index contributed by atoms with van der Waals surface area (Å²) < 4.78 is 6.05. The average Bonchev–Trinajstić information content (AvgIpc) is 2.85. The number of nitrogens with one attached hydrogen (secondary N) is 2. The minimum Gasteiger partial charge on any atom is -0.377 e. The van der Waals surface area contributed by atoms with Crippen molar-refractivity contribution in [3.63, 3.8) is 0 Å². The zero-order valence-corrected chi connectivity index (χ0v) is 14.4. The summed E-state index contributed by atoms with van der Waals surface area (Å²) in [6.07, 6.45) is 3.73. The van der Waals surface area contributed by atoms with Crippen LogP contribution in [0.1, 0.15) is 34.1 Å². The lowest BCUT2D eigenvalue weighted by Crippen LogP contribution is -2.68. The Morgan fingerprint density at radius 3 is 2.75 bits per heavy atom. The summed E-state index contributed by atoms with van der Waals surface area (Å²) in [7, 11) is 1.84. The molecule has 5 heteroatoms. The molecule has 116 valence electrons. The molecule has 1 aliphatic carbocycles. The van der Waals surface area contributed by atoms with Crippen LogP contribution < -0.4 is 10.6 Å². The van der Waals surface area contributed by atoms with E-state index in [1.807, 2.05) is 18.8 Å². The molecule has 1 saturated carbocycles. The van der Waals surface area contributed by atoms with Gasteiger partial charge in [-0.05, 0) is 26.5 Å². The molecule has 0 amide bonds. The van der Waals surface area contributed by atoms with Crippen molar-refractivity contribution in [1.29, 1.82) is 0 Å². The highest BCUT2D eigenvalue weighted by Gasteiger charge is 2.59. The lowest BCUT2D eigenvalue weighted by atomic mass is 9.57. The summed E-state index contributed by atoms with van der Waals surface area (Å²) in [6, 6.07) is 0.457. The molecule has 2 N–H and O–H groups in total. The first kappa shape index (κ1) is 16.0. The number of ether oxygens (including phenoxy) is 1. The van der Waals surface area contributed by atoms with E-state index in [2.05, 4.69) is 49.6 Å². The Balaban J connectivity index is 1.91. The molecular formula is C15H29N3OS. The molecule has 1 heterocycles. The van der Waals surface area contributed by atoms with E-state index in [1.165, 1.54) is 6.42 Å². The van der Waals surface area contributed by atoms with Gasteiger partial charge in [0.2, 0.25) is 0 Å². The molecule has 3 atom stereocenters. The van der Waals surface area contributed by atoms with Crippen LogP contribution in [0.25, 0.3) is 0 Å². The predicted octanol–water partition coefficient (Wildman–Crippen LogP) is 2.11. The molecule has 2 rings (SSSR count). The number of fused-ring (bicyclic) bond motifs is 1. The monoisotopic (exact) mass is 299 g/mol. The topological polar surface area (TPSA) is 45.7 Å². The first-order chi connectivity index (χ1) is 9.31. The maximum Gasteiger partial charge on any atom is 0.191 e. The average molecular weight is 299 g/mol. The van der Waals surface area contributed by atoms with E-state index in [4.69, 9.17) is 4.74 Å². The van der Waals surface area contributed by atoms with Crippen LogP contribution in [-0.4, -0.2) is 49.3 Å². The number of guanidine groups is 1. The van der Waals surface area contributed by atoms with Crippen molar-refractivity contribution in [1.82, 2.24) is 10.6 Å². The lowest BCUT2D eigenvalue weighted by Gasteiger charge is -2.55. The van der Waals surface area contributed by atoms with Gasteiger partial charge in [0, 0.05) is 42.3 Å². The SMILES string of the molecule is CN=C(NCC(C)(C)SC)NC1C2CCOC2C1(C)C. The molecule has 4 nitrogen and oxygen atoms in total. The van der Waals surface area contributed by atoms with Crippen LogP contribution in [0.4, 0.5) is 0 Å². The first-order valence-corrected chi connectivity index (χ1v) is 8.68. The third-order valence-corrected chi connectivity index (χ3v) is 6.10. The van der Waals surface area contributed by atoms with Crippen LogP contribution >= 0.6 is 11.8 Å². The molecule has 0 radical (unpaired) electrons. The van der Waals surface area contributed by atoms with Crippen molar-refractivity contribution in [2.24, 2.45) is 16.3 Å². The van der Waals surface area contributed by atoms with E-state index in [1.54, 1.807) is 0 Å². The van der Waals surface area contributed by atoms with Crippen LogP contribution in [0.2, 0.25) is 0 Å². The second-order valence-electron chi connectivity index (χ2n) is 7.08. The molecule has 20 heavy (non-hydrogen) atoms. The summed E-state index contributed by atoms with van der Waals surface area (Å²) in [5.74, 6) is 1.55. The van der Waals surface area contributed by atoms with Crippen LogP contribution in [0.5, 0.6) is 0 Å². The van der Waals surface area contributed by atoms with Crippen molar-refractivity contribution in [2.75, 3.05) is 26.5 Å². The summed E-state index contributed by atoms with van der Waals surface area (Å²) >= 11 is 1.87. The number of aliphatic imine (C=N–C) groups is 1.